The van der Waals surface area contributed by atoms with Crippen LogP contribution < -0.4 is 5.32 Å². The van der Waals surface area contributed by atoms with E-state index in [9.17, 15) is 24.1 Å². The molecular formula is C21H15FN2O5. The molecule has 3 aromatic carbocycles. The van der Waals surface area contributed by atoms with E-state index >= 15 is 0 Å². The van der Waals surface area contributed by atoms with Crippen LogP contribution in [0.5, 0.6) is 0 Å². The molecule has 0 aliphatic heterocycles. The molecule has 0 aliphatic carbocycles. The number of carbonyl (C=O) groups is 2. The summed E-state index contributed by atoms with van der Waals surface area (Å²) in [5, 5.41) is 12.9. The Balaban J connectivity index is 1.58. The monoisotopic (exact) mass is 394 g/mol. The topological polar surface area (TPSA) is 98.5 Å². The molecule has 146 valence electrons. The van der Waals surface area contributed by atoms with Crippen LogP contribution in [0, 0.1) is 15.9 Å². The maximum absolute atomic E-state index is 13.7. The fourth-order valence-corrected chi connectivity index (χ4v) is 2.55. The van der Waals surface area contributed by atoms with Gasteiger partial charge >= 0.3 is 5.97 Å². The summed E-state index contributed by atoms with van der Waals surface area (Å²) in [6.07, 6.45) is 0. The van der Waals surface area contributed by atoms with Gasteiger partial charge in [-0.25, -0.2) is 9.18 Å². The Hall–Kier alpha value is -4.07. The van der Waals surface area contributed by atoms with Crippen LogP contribution >= 0.6 is 0 Å². The standard InChI is InChI=1S/C21H15FN2O5/c22-18-11-10-17(24(27)28)12-19(18)23-20(25)13-29-21(26)16-8-6-15(7-9-16)14-4-2-1-3-5-14/h1-12H,13H2,(H,23,25). The SMILES string of the molecule is O=C(COC(=O)c1ccc(-c2ccccc2)cc1)Nc1cc([N+](=O)[O-])ccc1F. The van der Waals surface area contributed by atoms with Gasteiger partial charge < -0.3 is 10.1 Å². The third-order valence-electron chi connectivity index (χ3n) is 4.00. The highest BCUT2D eigenvalue weighted by Gasteiger charge is 2.15. The van der Waals surface area contributed by atoms with Crippen LogP contribution in [0.25, 0.3) is 11.1 Å². The average Bonchev–Trinajstić information content (AvgIpc) is 2.74. The van der Waals surface area contributed by atoms with Crippen molar-refractivity contribution in [3.05, 3.63) is 94.3 Å². The van der Waals surface area contributed by atoms with Crippen molar-refractivity contribution >= 4 is 23.3 Å². The highest BCUT2D eigenvalue weighted by molar-refractivity contribution is 5.96. The summed E-state index contributed by atoms with van der Waals surface area (Å²) in [6, 6.07) is 19.0. The Morgan fingerprint density at radius 1 is 0.966 bits per heavy atom. The summed E-state index contributed by atoms with van der Waals surface area (Å²) >= 11 is 0. The van der Waals surface area contributed by atoms with Gasteiger partial charge in [0, 0.05) is 12.1 Å². The van der Waals surface area contributed by atoms with Crippen LogP contribution in [0.4, 0.5) is 15.8 Å². The molecule has 29 heavy (non-hydrogen) atoms. The molecule has 0 atom stereocenters. The van der Waals surface area contributed by atoms with Crippen LogP contribution in [0.2, 0.25) is 0 Å². The first-order valence-electron chi connectivity index (χ1n) is 8.50. The Morgan fingerprint density at radius 3 is 2.28 bits per heavy atom. The van der Waals surface area contributed by atoms with Gasteiger partial charge in [-0.15, -0.1) is 0 Å². The lowest BCUT2D eigenvalue weighted by Gasteiger charge is -2.08. The molecule has 0 radical (unpaired) electrons. The summed E-state index contributed by atoms with van der Waals surface area (Å²) in [4.78, 5) is 34.0. The second-order valence-corrected chi connectivity index (χ2v) is 5.99. The number of nitrogens with zero attached hydrogens (tertiary/aromatic N) is 1. The number of halogens is 1. The molecular weight excluding hydrogens is 379 g/mol. The third-order valence-corrected chi connectivity index (χ3v) is 4.00. The van der Waals surface area contributed by atoms with Crippen molar-refractivity contribution in [2.75, 3.05) is 11.9 Å². The zero-order valence-corrected chi connectivity index (χ0v) is 15.0. The quantitative estimate of drug-likeness (QED) is 0.384. The molecule has 0 unspecified atom stereocenters. The molecule has 0 bridgehead atoms. The minimum absolute atomic E-state index is 0.249. The molecule has 0 saturated carbocycles. The number of esters is 1. The average molecular weight is 394 g/mol. The van der Waals surface area contributed by atoms with Crippen molar-refractivity contribution in [3.8, 4) is 11.1 Å². The Bertz CT molecular complexity index is 1050. The van der Waals surface area contributed by atoms with Gasteiger partial charge in [-0.2, -0.15) is 0 Å². The lowest BCUT2D eigenvalue weighted by atomic mass is 10.0. The van der Waals surface area contributed by atoms with Crippen molar-refractivity contribution in [2.24, 2.45) is 0 Å². The molecule has 0 saturated heterocycles. The van der Waals surface area contributed by atoms with Crippen molar-refractivity contribution in [1.82, 2.24) is 0 Å². The molecule has 0 spiro atoms. The highest BCUT2D eigenvalue weighted by atomic mass is 19.1. The molecule has 3 rings (SSSR count). The van der Waals surface area contributed by atoms with Crippen molar-refractivity contribution in [1.29, 1.82) is 0 Å². The summed E-state index contributed by atoms with van der Waals surface area (Å²) in [7, 11) is 0. The number of ether oxygens (including phenoxy) is 1. The maximum Gasteiger partial charge on any atom is 0.338 e. The zero-order valence-electron chi connectivity index (χ0n) is 15.0. The predicted octanol–water partition coefficient (Wildman–Crippen LogP) is 4.20. The normalized spacial score (nSPS) is 10.2. The first-order valence-corrected chi connectivity index (χ1v) is 8.50. The van der Waals surface area contributed by atoms with E-state index in [1.807, 2.05) is 30.3 Å². The lowest BCUT2D eigenvalue weighted by molar-refractivity contribution is -0.384. The van der Waals surface area contributed by atoms with E-state index in [-0.39, 0.29) is 16.9 Å². The van der Waals surface area contributed by atoms with Crippen LogP contribution in [-0.2, 0) is 9.53 Å². The number of nitro benzene ring substituents is 1. The number of hydrogen-bond acceptors (Lipinski definition) is 5. The second kappa shape index (κ2) is 8.75. The van der Waals surface area contributed by atoms with Gasteiger partial charge in [0.05, 0.1) is 16.2 Å². The summed E-state index contributed by atoms with van der Waals surface area (Å²) in [5.41, 5.74) is 1.41. The first-order chi connectivity index (χ1) is 13.9. The number of nitrogens with one attached hydrogen (secondary N) is 1. The largest absolute Gasteiger partial charge is 0.452 e. The fourth-order valence-electron chi connectivity index (χ4n) is 2.55. The van der Waals surface area contributed by atoms with Gasteiger partial charge in [-0.05, 0) is 29.3 Å². The Kier molecular flexibility index (Phi) is 5.94. The molecule has 0 fully saturated rings. The Morgan fingerprint density at radius 2 is 1.62 bits per heavy atom. The summed E-state index contributed by atoms with van der Waals surface area (Å²) in [6.45, 7) is -0.665. The minimum Gasteiger partial charge on any atom is -0.452 e. The number of nitro groups is 1. The van der Waals surface area contributed by atoms with E-state index in [2.05, 4.69) is 5.32 Å². The number of anilines is 1. The zero-order chi connectivity index (χ0) is 20.8. The molecule has 7 nitrogen and oxygen atoms in total. The van der Waals surface area contributed by atoms with Crippen molar-refractivity contribution < 1.29 is 23.6 Å². The smallest absolute Gasteiger partial charge is 0.338 e. The van der Waals surface area contributed by atoms with E-state index < -0.39 is 29.2 Å². The highest BCUT2D eigenvalue weighted by Crippen LogP contribution is 2.21. The van der Waals surface area contributed by atoms with Crippen LogP contribution in [0.15, 0.2) is 72.8 Å². The predicted molar refractivity (Wildman–Crippen MR) is 104 cm³/mol. The second-order valence-electron chi connectivity index (χ2n) is 5.99. The van der Waals surface area contributed by atoms with E-state index in [4.69, 9.17) is 4.74 Å². The number of carbonyl (C=O) groups excluding carboxylic acids is 2. The molecule has 0 heterocycles. The van der Waals surface area contributed by atoms with Gasteiger partial charge in [-0.3, -0.25) is 14.9 Å². The van der Waals surface area contributed by atoms with E-state index in [0.717, 1.165) is 29.3 Å². The maximum atomic E-state index is 13.7. The van der Waals surface area contributed by atoms with E-state index in [0.29, 0.717) is 0 Å². The number of non-ortho nitro benzene ring substituents is 1. The number of rotatable bonds is 6. The van der Waals surface area contributed by atoms with Gasteiger partial charge in [-0.1, -0.05) is 42.5 Å². The molecule has 3 aromatic rings. The number of benzene rings is 3. The van der Waals surface area contributed by atoms with Gasteiger partial charge in [0.25, 0.3) is 11.6 Å². The Labute approximate surface area is 164 Å². The fraction of sp³-hybridized carbons (Fsp3) is 0.0476. The first kappa shape index (κ1) is 19.7. The molecule has 0 aliphatic rings. The van der Waals surface area contributed by atoms with E-state index in [1.165, 1.54) is 0 Å². The lowest BCUT2D eigenvalue weighted by Crippen LogP contribution is -2.21. The minimum atomic E-state index is -0.841. The van der Waals surface area contributed by atoms with Gasteiger partial charge in [0.2, 0.25) is 0 Å². The van der Waals surface area contributed by atoms with Crippen molar-refractivity contribution in [2.45, 2.75) is 0 Å². The number of hydrogen-bond donors (Lipinski definition) is 1. The summed E-state index contributed by atoms with van der Waals surface area (Å²) < 4.78 is 18.6. The van der Waals surface area contributed by atoms with Gasteiger partial charge in [0.15, 0.2) is 6.61 Å². The van der Waals surface area contributed by atoms with Gasteiger partial charge in [0.1, 0.15) is 5.82 Å². The van der Waals surface area contributed by atoms with Crippen LogP contribution in [0.3, 0.4) is 0 Å². The van der Waals surface area contributed by atoms with Crippen molar-refractivity contribution in [3.63, 3.8) is 0 Å². The molecule has 1 N–H and O–H groups in total. The van der Waals surface area contributed by atoms with Crippen LogP contribution in [-0.4, -0.2) is 23.4 Å². The van der Waals surface area contributed by atoms with E-state index in [1.54, 1.807) is 24.3 Å². The molecule has 0 aromatic heterocycles. The molecule has 8 heteroatoms. The third kappa shape index (κ3) is 5.01. The number of amides is 1. The molecule has 1 amide bonds. The summed E-state index contributed by atoms with van der Waals surface area (Å²) in [5.74, 6) is -2.38. The van der Waals surface area contributed by atoms with Crippen LogP contribution in [0.1, 0.15) is 10.4 Å².